The Morgan fingerprint density at radius 1 is 0.933 bits per heavy atom. The van der Waals surface area contributed by atoms with Crippen LogP contribution in [0.4, 0.5) is 5.69 Å². The first-order valence-corrected chi connectivity index (χ1v) is 10.6. The fourth-order valence-electron chi connectivity index (χ4n) is 4.28. The summed E-state index contributed by atoms with van der Waals surface area (Å²) in [5, 5.41) is 3.38. The summed E-state index contributed by atoms with van der Waals surface area (Å²) < 4.78 is 6.25. The Morgan fingerprint density at radius 2 is 1.63 bits per heavy atom. The molecular formula is C25H18BrNO3. The molecule has 5 heteroatoms. The van der Waals surface area contributed by atoms with Crippen molar-refractivity contribution in [3.05, 3.63) is 87.9 Å². The maximum Gasteiger partial charge on any atom is 0.339 e. The van der Waals surface area contributed by atoms with E-state index in [1.165, 1.54) is 0 Å². The normalized spacial score (nSPS) is 12.7. The molecule has 1 aliphatic heterocycles. The molecule has 5 rings (SSSR count). The lowest BCUT2D eigenvalue weighted by atomic mass is 9.92. The average molecular weight is 460 g/mol. The largest absolute Gasteiger partial charge is 0.462 e. The van der Waals surface area contributed by atoms with Gasteiger partial charge in [-0.1, -0.05) is 70.5 Å². The molecule has 0 spiro atoms. The van der Waals surface area contributed by atoms with Crippen LogP contribution in [0.5, 0.6) is 0 Å². The molecule has 1 aliphatic rings. The van der Waals surface area contributed by atoms with E-state index in [0.717, 1.165) is 37.3 Å². The zero-order chi connectivity index (χ0) is 20.8. The van der Waals surface area contributed by atoms with E-state index in [0.29, 0.717) is 17.7 Å². The van der Waals surface area contributed by atoms with Crippen LogP contribution < -0.4 is 4.90 Å². The molecular weight excluding hydrogens is 442 g/mol. The number of amides is 1. The van der Waals surface area contributed by atoms with Gasteiger partial charge < -0.3 is 9.64 Å². The summed E-state index contributed by atoms with van der Waals surface area (Å²) in [6, 6.07) is 21.4. The van der Waals surface area contributed by atoms with Crippen molar-refractivity contribution in [2.75, 3.05) is 11.5 Å². The molecule has 30 heavy (non-hydrogen) atoms. The number of nitrogens with zero attached hydrogens (tertiary/aromatic N) is 1. The van der Waals surface area contributed by atoms with E-state index < -0.39 is 5.97 Å². The van der Waals surface area contributed by atoms with Gasteiger partial charge in [0.25, 0.3) is 5.91 Å². The first kappa shape index (κ1) is 18.8. The van der Waals surface area contributed by atoms with E-state index in [2.05, 4.69) is 15.9 Å². The second-order valence-electron chi connectivity index (χ2n) is 7.21. The molecule has 4 nitrogen and oxygen atoms in total. The number of benzene rings is 4. The molecule has 0 unspecified atom stereocenters. The fourth-order valence-corrected chi connectivity index (χ4v) is 4.83. The first-order chi connectivity index (χ1) is 14.6. The van der Waals surface area contributed by atoms with Crippen LogP contribution in [0.3, 0.4) is 0 Å². The molecule has 0 N–H and O–H groups in total. The van der Waals surface area contributed by atoms with Gasteiger partial charge >= 0.3 is 5.97 Å². The standard InChI is InChI=1S/C25H18BrNO3/c1-2-30-25(29)21-17-11-7-6-10-16(17)20-18(26)12-13-19-22(20)23(21)24(28)27(19)14-15-8-4-3-5-9-15/h3-13H,2,14H2,1H3. The van der Waals surface area contributed by atoms with Gasteiger partial charge in [-0.2, -0.15) is 0 Å². The highest BCUT2D eigenvalue weighted by molar-refractivity contribution is 9.10. The minimum absolute atomic E-state index is 0.175. The minimum atomic E-state index is -0.466. The van der Waals surface area contributed by atoms with E-state index in [-0.39, 0.29) is 12.5 Å². The van der Waals surface area contributed by atoms with Crippen LogP contribution in [0.15, 0.2) is 71.2 Å². The van der Waals surface area contributed by atoms with Crippen LogP contribution in [0.2, 0.25) is 0 Å². The van der Waals surface area contributed by atoms with Gasteiger partial charge in [0.2, 0.25) is 0 Å². The van der Waals surface area contributed by atoms with E-state index >= 15 is 0 Å². The number of esters is 1. The van der Waals surface area contributed by atoms with E-state index in [1.54, 1.807) is 11.8 Å². The van der Waals surface area contributed by atoms with Crippen LogP contribution in [0.1, 0.15) is 33.2 Å². The van der Waals surface area contributed by atoms with Gasteiger partial charge in [-0.25, -0.2) is 4.79 Å². The molecule has 0 saturated heterocycles. The highest BCUT2D eigenvalue weighted by Gasteiger charge is 2.36. The van der Waals surface area contributed by atoms with E-state index in [4.69, 9.17) is 4.74 Å². The molecule has 1 heterocycles. The lowest BCUT2D eigenvalue weighted by Crippen LogP contribution is -2.27. The van der Waals surface area contributed by atoms with Crippen molar-refractivity contribution in [2.45, 2.75) is 13.5 Å². The smallest absolute Gasteiger partial charge is 0.339 e. The number of hydrogen-bond acceptors (Lipinski definition) is 3. The van der Waals surface area contributed by atoms with Crippen molar-refractivity contribution in [1.82, 2.24) is 0 Å². The van der Waals surface area contributed by atoms with Crippen molar-refractivity contribution in [1.29, 1.82) is 0 Å². The molecule has 0 bridgehead atoms. The Balaban J connectivity index is 1.85. The summed E-state index contributed by atoms with van der Waals surface area (Å²) in [5.41, 5.74) is 2.61. The zero-order valence-electron chi connectivity index (χ0n) is 16.3. The number of ether oxygens (including phenoxy) is 1. The topological polar surface area (TPSA) is 46.6 Å². The summed E-state index contributed by atoms with van der Waals surface area (Å²) in [6.45, 7) is 2.45. The van der Waals surface area contributed by atoms with Gasteiger partial charge in [-0.3, -0.25) is 4.79 Å². The molecule has 0 atom stereocenters. The summed E-state index contributed by atoms with van der Waals surface area (Å²) >= 11 is 3.67. The van der Waals surface area contributed by atoms with Crippen LogP contribution in [0.25, 0.3) is 21.5 Å². The predicted octanol–water partition coefficient (Wildman–Crippen LogP) is 6.09. The molecule has 0 saturated carbocycles. The van der Waals surface area contributed by atoms with E-state index in [1.807, 2.05) is 66.7 Å². The first-order valence-electron chi connectivity index (χ1n) is 9.81. The van der Waals surface area contributed by atoms with Crippen LogP contribution in [-0.2, 0) is 11.3 Å². The maximum atomic E-state index is 13.7. The van der Waals surface area contributed by atoms with Crippen molar-refractivity contribution >= 4 is 55.0 Å². The predicted molar refractivity (Wildman–Crippen MR) is 122 cm³/mol. The monoisotopic (exact) mass is 459 g/mol. The van der Waals surface area contributed by atoms with Gasteiger partial charge in [-0.05, 0) is 35.4 Å². The van der Waals surface area contributed by atoms with Crippen LogP contribution in [0, 0.1) is 0 Å². The number of anilines is 1. The third-order valence-electron chi connectivity index (χ3n) is 5.51. The molecule has 0 fully saturated rings. The Kier molecular flexibility index (Phi) is 4.55. The zero-order valence-corrected chi connectivity index (χ0v) is 17.9. The highest BCUT2D eigenvalue weighted by Crippen LogP contribution is 2.46. The van der Waals surface area contributed by atoms with Crippen LogP contribution >= 0.6 is 15.9 Å². The number of carbonyl (C=O) groups is 2. The summed E-state index contributed by atoms with van der Waals surface area (Å²) in [4.78, 5) is 28.4. The second-order valence-corrected chi connectivity index (χ2v) is 8.06. The van der Waals surface area contributed by atoms with Crippen molar-refractivity contribution in [3.63, 3.8) is 0 Å². The average Bonchev–Trinajstić information content (AvgIpc) is 3.03. The Labute approximate surface area is 182 Å². The number of halogens is 1. The van der Waals surface area contributed by atoms with Gasteiger partial charge in [0, 0.05) is 15.2 Å². The Hall–Kier alpha value is -3.18. The fraction of sp³-hybridized carbons (Fsp3) is 0.120. The Morgan fingerprint density at radius 3 is 2.37 bits per heavy atom. The number of hydrogen-bond donors (Lipinski definition) is 0. The third kappa shape index (κ3) is 2.73. The lowest BCUT2D eigenvalue weighted by Gasteiger charge is -2.18. The Bertz CT molecular complexity index is 1330. The molecule has 148 valence electrons. The minimum Gasteiger partial charge on any atom is -0.462 e. The second kappa shape index (κ2) is 7.26. The van der Waals surface area contributed by atoms with Gasteiger partial charge in [0.1, 0.15) is 0 Å². The van der Waals surface area contributed by atoms with Crippen molar-refractivity contribution in [3.8, 4) is 0 Å². The number of fused-ring (bicyclic) bond motifs is 2. The number of rotatable bonds is 4. The molecule has 0 radical (unpaired) electrons. The van der Waals surface area contributed by atoms with Gasteiger partial charge in [-0.15, -0.1) is 0 Å². The summed E-state index contributed by atoms with van der Waals surface area (Å²) in [5.74, 6) is -0.641. The van der Waals surface area contributed by atoms with Gasteiger partial charge in [0.05, 0.1) is 30.0 Å². The summed E-state index contributed by atoms with van der Waals surface area (Å²) in [7, 11) is 0. The molecule has 4 aromatic carbocycles. The van der Waals surface area contributed by atoms with E-state index in [9.17, 15) is 9.59 Å². The quantitative estimate of drug-likeness (QED) is 0.274. The SMILES string of the molecule is CCOC(=O)c1c2c3c(ccc(Br)c3c3ccccc13)N(Cc1ccccc1)C2=O. The number of carbonyl (C=O) groups excluding carboxylic acids is 2. The highest BCUT2D eigenvalue weighted by atomic mass is 79.9. The van der Waals surface area contributed by atoms with Crippen molar-refractivity contribution in [2.24, 2.45) is 0 Å². The van der Waals surface area contributed by atoms with Crippen molar-refractivity contribution < 1.29 is 14.3 Å². The third-order valence-corrected chi connectivity index (χ3v) is 6.17. The van der Waals surface area contributed by atoms with Gasteiger partial charge in [0.15, 0.2) is 0 Å². The molecule has 0 aromatic heterocycles. The molecule has 4 aromatic rings. The lowest BCUT2D eigenvalue weighted by molar-refractivity contribution is 0.0526. The molecule has 0 aliphatic carbocycles. The van der Waals surface area contributed by atoms with Crippen LogP contribution in [-0.4, -0.2) is 18.5 Å². The maximum absolute atomic E-state index is 13.7. The summed E-state index contributed by atoms with van der Waals surface area (Å²) in [6.07, 6.45) is 0. The molecule has 1 amide bonds.